The normalized spacial score (nSPS) is 11.1. The molecule has 2 nitrogen and oxygen atoms in total. The molecule has 0 unspecified atom stereocenters. The van der Waals surface area contributed by atoms with Crippen molar-refractivity contribution in [2.45, 2.75) is 0 Å². The highest BCUT2D eigenvalue weighted by atomic mass is 79.9. The Hall–Kier alpha value is -1.75. The van der Waals surface area contributed by atoms with Gasteiger partial charge in [-0.1, -0.05) is 15.9 Å². The predicted molar refractivity (Wildman–Crippen MR) is 69.4 cm³/mol. The van der Waals surface area contributed by atoms with Gasteiger partial charge in [-0.2, -0.15) is 0 Å². The minimum atomic E-state index is -0.955. The quantitative estimate of drug-likeness (QED) is 0.829. The van der Waals surface area contributed by atoms with Gasteiger partial charge in [-0.15, -0.1) is 0 Å². The van der Waals surface area contributed by atoms with Gasteiger partial charge in [0, 0.05) is 22.3 Å². The van der Waals surface area contributed by atoms with E-state index < -0.39 is 11.6 Å². The lowest BCUT2D eigenvalue weighted by molar-refractivity contribution is 0.474. The second-order valence-electron chi connectivity index (χ2n) is 3.56. The number of benzene rings is 2. The highest BCUT2D eigenvalue weighted by Crippen LogP contribution is 2.22. The molecule has 92 valence electrons. The van der Waals surface area contributed by atoms with Crippen LogP contribution < -0.4 is 0 Å². The van der Waals surface area contributed by atoms with Crippen LogP contribution in [0, 0.1) is 11.6 Å². The molecule has 0 aromatic heterocycles. The van der Waals surface area contributed by atoms with Crippen molar-refractivity contribution in [1.29, 1.82) is 0 Å². The monoisotopic (exact) mass is 311 g/mol. The Balaban J connectivity index is 2.29. The van der Waals surface area contributed by atoms with Crippen molar-refractivity contribution in [1.82, 2.24) is 0 Å². The van der Waals surface area contributed by atoms with Gasteiger partial charge in [0.1, 0.15) is 5.75 Å². The Morgan fingerprint density at radius 1 is 1.06 bits per heavy atom. The Morgan fingerprint density at radius 3 is 2.56 bits per heavy atom. The molecule has 1 N–H and O–H groups in total. The fourth-order valence-electron chi connectivity index (χ4n) is 1.34. The third kappa shape index (κ3) is 2.92. The number of rotatable bonds is 2. The fourth-order valence-corrected chi connectivity index (χ4v) is 1.72. The van der Waals surface area contributed by atoms with E-state index in [1.807, 2.05) is 0 Å². The molecule has 0 heterocycles. The van der Waals surface area contributed by atoms with Crippen LogP contribution in [0.4, 0.5) is 14.5 Å². The van der Waals surface area contributed by atoms with E-state index in [1.54, 1.807) is 12.1 Å². The van der Waals surface area contributed by atoms with Crippen molar-refractivity contribution in [2.24, 2.45) is 4.99 Å². The third-order valence-corrected chi connectivity index (χ3v) is 2.74. The molecular formula is C13H8BrF2NO. The van der Waals surface area contributed by atoms with Crippen LogP contribution in [0.5, 0.6) is 5.75 Å². The average Bonchev–Trinajstić information content (AvgIpc) is 2.34. The maximum absolute atomic E-state index is 12.9. The zero-order chi connectivity index (χ0) is 13.1. The van der Waals surface area contributed by atoms with Crippen LogP contribution in [0.2, 0.25) is 0 Å². The van der Waals surface area contributed by atoms with Crippen LogP contribution in [0.15, 0.2) is 45.9 Å². The molecule has 0 aliphatic carbocycles. The number of nitrogens with zero attached hydrogens (tertiary/aromatic N) is 1. The topological polar surface area (TPSA) is 32.6 Å². The summed E-state index contributed by atoms with van der Waals surface area (Å²) < 4.78 is 26.4. The Morgan fingerprint density at radius 2 is 1.83 bits per heavy atom. The van der Waals surface area contributed by atoms with Crippen LogP contribution in [0.1, 0.15) is 5.56 Å². The summed E-state index contributed by atoms with van der Waals surface area (Å²) >= 11 is 3.26. The SMILES string of the molecule is Oc1ccc(Br)cc1C=Nc1ccc(F)c(F)c1. The van der Waals surface area contributed by atoms with Gasteiger partial charge in [0.15, 0.2) is 11.6 Å². The van der Waals surface area contributed by atoms with E-state index in [-0.39, 0.29) is 11.4 Å². The fraction of sp³-hybridized carbons (Fsp3) is 0. The number of hydrogen-bond acceptors (Lipinski definition) is 2. The average molecular weight is 312 g/mol. The number of phenolic OH excluding ortho intramolecular Hbond substituents is 1. The lowest BCUT2D eigenvalue weighted by Crippen LogP contribution is -1.84. The molecule has 0 radical (unpaired) electrons. The number of aliphatic imine (C=N–C) groups is 1. The van der Waals surface area contributed by atoms with Gasteiger partial charge in [-0.05, 0) is 30.3 Å². The summed E-state index contributed by atoms with van der Waals surface area (Å²) in [5, 5.41) is 9.57. The maximum atomic E-state index is 12.9. The molecular weight excluding hydrogens is 304 g/mol. The first-order chi connectivity index (χ1) is 8.56. The molecule has 5 heteroatoms. The van der Waals surface area contributed by atoms with Crippen molar-refractivity contribution in [3.63, 3.8) is 0 Å². The number of hydrogen-bond donors (Lipinski definition) is 1. The molecule has 0 atom stereocenters. The van der Waals surface area contributed by atoms with E-state index >= 15 is 0 Å². The summed E-state index contributed by atoms with van der Waals surface area (Å²) in [4.78, 5) is 3.97. The first kappa shape index (κ1) is 12.7. The van der Waals surface area contributed by atoms with Gasteiger partial charge >= 0.3 is 0 Å². The number of aromatic hydroxyl groups is 1. The zero-order valence-electron chi connectivity index (χ0n) is 9.07. The van der Waals surface area contributed by atoms with Gasteiger partial charge in [0.2, 0.25) is 0 Å². The smallest absolute Gasteiger partial charge is 0.160 e. The van der Waals surface area contributed by atoms with Crippen molar-refractivity contribution in [2.75, 3.05) is 0 Å². The van der Waals surface area contributed by atoms with E-state index in [0.29, 0.717) is 5.56 Å². The van der Waals surface area contributed by atoms with Crippen LogP contribution in [-0.2, 0) is 0 Å². The van der Waals surface area contributed by atoms with E-state index in [1.165, 1.54) is 18.3 Å². The highest BCUT2D eigenvalue weighted by molar-refractivity contribution is 9.10. The molecule has 18 heavy (non-hydrogen) atoms. The van der Waals surface area contributed by atoms with Crippen molar-refractivity contribution >= 4 is 27.8 Å². The lowest BCUT2D eigenvalue weighted by Gasteiger charge is -1.99. The first-order valence-corrected chi connectivity index (χ1v) is 5.83. The lowest BCUT2D eigenvalue weighted by atomic mass is 10.2. The van der Waals surface area contributed by atoms with Crippen LogP contribution in [-0.4, -0.2) is 11.3 Å². The van der Waals surface area contributed by atoms with Gasteiger partial charge in [0.25, 0.3) is 0 Å². The molecule has 0 bridgehead atoms. The maximum Gasteiger partial charge on any atom is 0.160 e. The molecule has 2 aromatic carbocycles. The van der Waals surface area contributed by atoms with E-state index in [9.17, 15) is 13.9 Å². The molecule has 0 aliphatic rings. The zero-order valence-corrected chi connectivity index (χ0v) is 10.7. The summed E-state index contributed by atoms with van der Waals surface area (Å²) in [6.45, 7) is 0. The summed E-state index contributed by atoms with van der Waals surface area (Å²) in [6.07, 6.45) is 1.38. The van der Waals surface area contributed by atoms with E-state index in [0.717, 1.165) is 16.6 Å². The second kappa shape index (κ2) is 5.27. The molecule has 0 saturated heterocycles. The molecule has 2 rings (SSSR count). The van der Waals surface area contributed by atoms with Crippen molar-refractivity contribution < 1.29 is 13.9 Å². The second-order valence-corrected chi connectivity index (χ2v) is 4.48. The highest BCUT2D eigenvalue weighted by Gasteiger charge is 2.02. The van der Waals surface area contributed by atoms with Crippen molar-refractivity contribution in [3.8, 4) is 5.75 Å². The van der Waals surface area contributed by atoms with Crippen LogP contribution in [0.3, 0.4) is 0 Å². The van der Waals surface area contributed by atoms with E-state index in [2.05, 4.69) is 20.9 Å². The van der Waals surface area contributed by atoms with Crippen LogP contribution >= 0.6 is 15.9 Å². The Bertz CT molecular complexity index is 614. The molecule has 0 fully saturated rings. The summed E-state index contributed by atoms with van der Waals surface area (Å²) in [6, 6.07) is 8.20. The number of phenols is 1. The molecule has 0 saturated carbocycles. The molecule has 2 aromatic rings. The summed E-state index contributed by atoms with van der Waals surface area (Å²) in [5.41, 5.74) is 0.752. The Labute approximate surface area is 111 Å². The number of halogens is 3. The third-order valence-electron chi connectivity index (χ3n) is 2.25. The first-order valence-electron chi connectivity index (χ1n) is 5.04. The summed E-state index contributed by atoms with van der Waals surface area (Å²) in [7, 11) is 0. The Kier molecular flexibility index (Phi) is 3.72. The largest absolute Gasteiger partial charge is 0.507 e. The minimum Gasteiger partial charge on any atom is -0.507 e. The predicted octanol–water partition coefficient (Wildman–Crippen LogP) is 4.18. The van der Waals surface area contributed by atoms with Gasteiger partial charge in [-0.25, -0.2) is 8.78 Å². The molecule has 0 amide bonds. The van der Waals surface area contributed by atoms with Crippen molar-refractivity contribution in [3.05, 3.63) is 58.1 Å². The molecule has 0 aliphatic heterocycles. The summed E-state index contributed by atoms with van der Waals surface area (Å²) in [5.74, 6) is -1.81. The van der Waals surface area contributed by atoms with Gasteiger partial charge in [-0.3, -0.25) is 4.99 Å². The molecule has 0 spiro atoms. The minimum absolute atomic E-state index is 0.0598. The van der Waals surface area contributed by atoms with Crippen LogP contribution in [0.25, 0.3) is 0 Å². The van der Waals surface area contributed by atoms with Gasteiger partial charge < -0.3 is 5.11 Å². The van der Waals surface area contributed by atoms with Gasteiger partial charge in [0.05, 0.1) is 5.69 Å². The van der Waals surface area contributed by atoms with E-state index in [4.69, 9.17) is 0 Å². The standard InChI is InChI=1S/C13H8BrF2NO/c14-9-1-4-13(18)8(5-9)7-17-10-2-3-11(15)12(16)6-10/h1-7,18H.